The highest BCUT2D eigenvalue weighted by Gasteiger charge is 2.29. The van der Waals surface area contributed by atoms with Gasteiger partial charge in [0.2, 0.25) is 0 Å². The molecule has 0 unspecified atom stereocenters. The van der Waals surface area contributed by atoms with Crippen molar-refractivity contribution in [2.24, 2.45) is 0 Å². The predicted octanol–water partition coefficient (Wildman–Crippen LogP) is 2.48. The molecule has 9 nitrogen and oxygen atoms in total. The Hall–Kier alpha value is -3.14. The Kier molecular flexibility index (Phi) is 7.76. The number of methoxy groups -OCH3 is 4. The van der Waals surface area contributed by atoms with Crippen LogP contribution in [0.2, 0.25) is 0 Å². The third-order valence-corrected chi connectivity index (χ3v) is 5.95. The number of benzene rings is 2. The summed E-state index contributed by atoms with van der Waals surface area (Å²) in [5.74, 6) is 0.644. The molecule has 30 heavy (non-hydrogen) atoms. The van der Waals surface area contributed by atoms with E-state index in [1.54, 1.807) is 13.0 Å². The van der Waals surface area contributed by atoms with Gasteiger partial charge in [-0.3, -0.25) is 9.10 Å². The van der Waals surface area contributed by atoms with Gasteiger partial charge in [-0.1, -0.05) is 0 Å². The Morgan fingerprint density at radius 3 is 1.90 bits per heavy atom. The second-order valence-corrected chi connectivity index (χ2v) is 7.74. The second kappa shape index (κ2) is 10.1. The maximum atomic E-state index is 13.4. The van der Waals surface area contributed by atoms with Crippen molar-refractivity contribution in [2.45, 2.75) is 11.8 Å². The molecule has 0 aromatic heterocycles. The van der Waals surface area contributed by atoms with E-state index in [0.29, 0.717) is 17.2 Å². The van der Waals surface area contributed by atoms with E-state index in [-0.39, 0.29) is 22.9 Å². The van der Waals surface area contributed by atoms with E-state index in [4.69, 9.17) is 23.7 Å². The summed E-state index contributed by atoms with van der Waals surface area (Å²) in [4.78, 5) is 12.1. The van der Waals surface area contributed by atoms with Crippen LogP contribution < -0.4 is 23.3 Å². The van der Waals surface area contributed by atoms with Crippen LogP contribution in [0.25, 0.3) is 0 Å². The lowest BCUT2D eigenvalue weighted by Gasteiger charge is -2.24. The van der Waals surface area contributed by atoms with E-state index >= 15 is 0 Å². The van der Waals surface area contributed by atoms with Crippen LogP contribution in [0.15, 0.2) is 41.3 Å². The molecule has 10 heteroatoms. The first-order chi connectivity index (χ1) is 14.3. The number of rotatable bonds is 10. The van der Waals surface area contributed by atoms with Crippen molar-refractivity contribution in [1.82, 2.24) is 0 Å². The zero-order chi connectivity index (χ0) is 22.3. The summed E-state index contributed by atoms with van der Waals surface area (Å²) in [5, 5.41) is 0. The lowest BCUT2D eigenvalue weighted by molar-refractivity contribution is -0.141. The minimum Gasteiger partial charge on any atom is -0.493 e. The fourth-order valence-corrected chi connectivity index (χ4v) is 4.14. The van der Waals surface area contributed by atoms with Gasteiger partial charge in [-0.05, 0) is 31.2 Å². The van der Waals surface area contributed by atoms with Crippen LogP contribution in [0.4, 0.5) is 5.69 Å². The molecule has 0 fully saturated rings. The van der Waals surface area contributed by atoms with Gasteiger partial charge in [0.15, 0.2) is 23.0 Å². The summed E-state index contributed by atoms with van der Waals surface area (Å²) in [6.45, 7) is 1.23. The number of nitrogens with zero attached hydrogens (tertiary/aromatic N) is 1. The van der Waals surface area contributed by atoms with Gasteiger partial charge < -0.3 is 23.7 Å². The van der Waals surface area contributed by atoms with E-state index in [1.165, 1.54) is 58.8 Å². The third-order valence-electron chi connectivity index (χ3n) is 4.18. The summed E-state index contributed by atoms with van der Waals surface area (Å²) in [6.07, 6.45) is 0. The van der Waals surface area contributed by atoms with E-state index in [0.717, 1.165) is 4.31 Å². The molecular formula is C20H25NO8S. The van der Waals surface area contributed by atoms with Gasteiger partial charge >= 0.3 is 5.97 Å². The van der Waals surface area contributed by atoms with Crippen LogP contribution in [0.3, 0.4) is 0 Å². The molecule has 0 saturated carbocycles. The van der Waals surface area contributed by atoms with Gasteiger partial charge in [0.1, 0.15) is 6.54 Å². The molecule has 0 amide bonds. The minimum atomic E-state index is -4.17. The molecule has 0 spiro atoms. The Morgan fingerprint density at radius 2 is 1.37 bits per heavy atom. The molecule has 0 N–H and O–H groups in total. The van der Waals surface area contributed by atoms with E-state index < -0.39 is 22.5 Å². The van der Waals surface area contributed by atoms with Gasteiger partial charge in [-0.15, -0.1) is 0 Å². The quantitative estimate of drug-likeness (QED) is 0.521. The highest BCUT2D eigenvalue weighted by Crippen LogP contribution is 2.35. The van der Waals surface area contributed by atoms with E-state index in [1.807, 2.05) is 0 Å². The van der Waals surface area contributed by atoms with Crippen molar-refractivity contribution >= 4 is 21.7 Å². The number of sulfonamides is 1. The first kappa shape index (κ1) is 23.1. The average Bonchev–Trinajstić information content (AvgIpc) is 2.76. The smallest absolute Gasteiger partial charge is 0.326 e. The molecule has 0 atom stereocenters. The molecule has 0 bridgehead atoms. The van der Waals surface area contributed by atoms with Crippen LogP contribution in [-0.4, -0.2) is 56.0 Å². The molecule has 0 heterocycles. The normalized spacial score (nSPS) is 10.8. The molecule has 0 radical (unpaired) electrons. The van der Waals surface area contributed by atoms with Gasteiger partial charge in [0, 0.05) is 12.1 Å². The van der Waals surface area contributed by atoms with Crippen LogP contribution in [0.1, 0.15) is 6.92 Å². The summed E-state index contributed by atoms with van der Waals surface area (Å²) < 4.78 is 53.6. The molecule has 0 aliphatic carbocycles. The van der Waals surface area contributed by atoms with Crippen molar-refractivity contribution in [3.05, 3.63) is 36.4 Å². The monoisotopic (exact) mass is 439 g/mol. The molecular weight excluding hydrogens is 414 g/mol. The van der Waals surface area contributed by atoms with E-state index in [2.05, 4.69) is 0 Å². The molecule has 0 aliphatic heterocycles. The first-order valence-corrected chi connectivity index (χ1v) is 10.4. The molecule has 2 rings (SSSR count). The number of hydrogen-bond donors (Lipinski definition) is 0. The lowest BCUT2D eigenvalue weighted by atomic mass is 10.2. The predicted molar refractivity (Wildman–Crippen MR) is 110 cm³/mol. The molecule has 164 valence electrons. The highest BCUT2D eigenvalue weighted by atomic mass is 32.2. The van der Waals surface area contributed by atoms with Gasteiger partial charge in [-0.2, -0.15) is 0 Å². The number of carbonyl (C=O) groups is 1. The molecule has 0 aliphatic rings. The lowest BCUT2D eigenvalue weighted by Crippen LogP contribution is -2.36. The maximum absolute atomic E-state index is 13.4. The zero-order valence-corrected chi connectivity index (χ0v) is 18.3. The Balaban J connectivity index is 2.60. The van der Waals surface area contributed by atoms with Gasteiger partial charge in [-0.25, -0.2) is 8.42 Å². The van der Waals surface area contributed by atoms with Crippen LogP contribution in [-0.2, 0) is 19.6 Å². The molecule has 2 aromatic rings. The van der Waals surface area contributed by atoms with Crippen LogP contribution in [0, 0.1) is 0 Å². The third kappa shape index (κ3) is 4.88. The fraction of sp³-hybridized carbons (Fsp3) is 0.350. The summed E-state index contributed by atoms with van der Waals surface area (Å²) in [6, 6.07) is 8.71. The second-order valence-electron chi connectivity index (χ2n) is 5.87. The van der Waals surface area contributed by atoms with Crippen molar-refractivity contribution in [2.75, 3.05) is 45.9 Å². The van der Waals surface area contributed by atoms with Gasteiger partial charge in [0.05, 0.1) is 45.6 Å². The fourth-order valence-electron chi connectivity index (χ4n) is 2.72. The van der Waals surface area contributed by atoms with Crippen molar-refractivity contribution < 1.29 is 36.9 Å². The van der Waals surface area contributed by atoms with Crippen molar-refractivity contribution in [1.29, 1.82) is 0 Å². The largest absolute Gasteiger partial charge is 0.493 e. The number of esters is 1. The Bertz CT molecular complexity index is 990. The zero-order valence-electron chi connectivity index (χ0n) is 17.5. The van der Waals surface area contributed by atoms with Crippen LogP contribution >= 0.6 is 0 Å². The average molecular weight is 439 g/mol. The molecule has 2 aromatic carbocycles. The summed E-state index contributed by atoms with van der Waals surface area (Å²) in [5.41, 5.74) is 0.204. The molecule has 0 saturated heterocycles. The SMILES string of the molecule is CCOC(=O)CN(c1ccc(OC)c(OC)c1)S(=O)(=O)c1ccc(OC)c(OC)c1. The van der Waals surface area contributed by atoms with Crippen molar-refractivity contribution in [3.8, 4) is 23.0 Å². The number of ether oxygens (including phenoxy) is 5. The first-order valence-electron chi connectivity index (χ1n) is 8.94. The minimum absolute atomic E-state index is 0.0840. The topological polar surface area (TPSA) is 101 Å². The Morgan fingerprint density at radius 1 is 0.833 bits per heavy atom. The number of carbonyl (C=O) groups excluding carboxylic acids is 1. The summed E-state index contributed by atoms with van der Waals surface area (Å²) >= 11 is 0. The maximum Gasteiger partial charge on any atom is 0.326 e. The number of anilines is 1. The summed E-state index contributed by atoms with van der Waals surface area (Å²) in [7, 11) is 1.58. The standard InChI is InChI=1S/C20H25NO8S/c1-6-29-20(22)13-21(14-7-9-16(25-2)18(11-14)27-4)30(23,24)15-8-10-17(26-3)19(12-15)28-5/h7-12H,6,13H2,1-5H3. The van der Waals surface area contributed by atoms with Crippen LogP contribution in [0.5, 0.6) is 23.0 Å². The van der Waals surface area contributed by atoms with Gasteiger partial charge in [0.25, 0.3) is 10.0 Å². The number of hydrogen-bond acceptors (Lipinski definition) is 8. The Labute approximate surface area is 176 Å². The van der Waals surface area contributed by atoms with Crippen molar-refractivity contribution in [3.63, 3.8) is 0 Å². The van der Waals surface area contributed by atoms with E-state index in [9.17, 15) is 13.2 Å². The highest BCUT2D eigenvalue weighted by molar-refractivity contribution is 7.92.